The Balaban J connectivity index is 2.62. The largest absolute Gasteiger partial charge is 0.494 e. The second-order valence-electron chi connectivity index (χ2n) is 3.74. The fraction of sp³-hybridized carbons (Fsp3) is 0.455. The first kappa shape index (κ1) is 11.1. The molecule has 4 heteroatoms. The maximum absolute atomic E-state index is 6.14. The number of fused-ring (bicyclic) bond motifs is 1. The Hall–Kier alpha value is -0.410. The van der Waals surface area contributed by atoms with Gasteiger partial charge in [-0.15, -0.1) is 0 Å². The van der Waals surface area contributed by atoms with Crippen molar-refractivity contribution < 1.29 is 4.74 Å². The average molecular weight is 291 g/mol. The van der Waals surface area contributed by atoms with Crippen LogP contribution in [-0.4, -0.2) is 20.7 Å². The Morgan fingerprint density at radius 3 is 2.93 bits per heavy atom. The first-order valence-corrected chi connectivity index (χ1v) is 6.08. The van der Waals surface area contributed by atoms with Crippen molar-refractivity contribution in [3.8, 4) is 5.75 Å². The van der Waals surface area contributed by atoms with Gasteiger partial charge < -0.3 is 9.64 Å². The van der Waals surface area contributed by atoms with E-state index in [0.29, 0.717) is 5.02 Å². The first-order chi connectivity index (χ1) is 7.15. The third-order valence-corrected chi connectivity index (χ3v) is 3.77. The minimum absolute atomic E-state index is 0.679. The highest BCUT2D eigenvalue weighted by Gasteiger charge is 2.21. The monoisotopic (exact) mass is 289 g/mol. The lowest BCUT2D eigenvalue weighted by Crippen LogP contribution is -2.25. The minimum Gasteiger partial charge on any atom is -0.494 e. The van der Waals surface area contributed by atoms with Crippen LogP contribution in [-0.2, 0) is 6.42 Å². The fourth-order valence-corrected chi connectivity index (χ4v) is 3.40. The van der Waals surface area contributed by atoms with Gasteiger partial charge in [0.05, 0.1) is 22.3 Å². The Bertz CT molecular complexity index is 395. The predicted molar refractivity (Wildman–Crippen MR) is 67.3 cm³/mol. The zero-order valence-electron chi connectivity index (χ0n) is 8.81. The summed E-state index contributed by atoms with van der Waals surface area (Å²) in [6.45, 7) is 1.08. The Labute approximate surface area is 103 Å². The summed E-state index contributed by atoms with van der Waals surface area (Å²) in [5.41, 5.74) is 2.50. The molecule has 0 bridgehead atoms. The number of rotatable bonds is 1. The third kappa shape index (κ3) is 1.83. The normalized spacial score (nSPS) is 15.1. The molecule has 0 aliphatic carbocycles. The van der Waals surface area contributed by atoms with Gasteiger partial charge in [0.25, 0.3) is 0 Å². The van der Waals surface area contributed by atoms with E-state index in [9.17, 15) is 0 Å². The van der Waals surface area contributed by atoms with Gasteiger partial charge in [-0.3, -0.25) is 0 Å². The number of hydrogen-bond donors (Lipinski definition) is 0. The lowest BCUT2D eigenvalue weighted by Gasteiger charge is -2.29. The van der Waals surface area contributed by atoms with Crippen LogP contribution in [0, 0.1) is 0 Å². The van der Waals surface area contributed by atoms with Gasteiger partial charge in [-0.05, 0) is 40.4 Å². The van der Waals surface area contributed by atoms with Crippen LogP contribution in [0.3, 0.4) is 0 Å². The van der Waals surface area contributed by atoms with Crippen molar-refractivity contribution in [1.82, 2.24) is 0 Å². The molecule has 0 aromatic heterocycles. The predicted octanol–water partition coefficient (Wildman–Crippen LogP) is 3.49. The van der Waals surface area contributed by atoms with E-state index in [4.69, 9.17) is 16.3 Å². The van der Waals surface area contributed by atoms with E-state index in [-0.39, 0.29) is 0 Å². The molecular formula is C11H13BrClNO. The number of methoxy groups -OCH3 is 1. The molecule has 0 radical (unpaired) electrons. The van der Waals surface area contributed by atoms with Crippen LogP contribution in [0.15, 0.2) is 10.5 Å². The highest BCUT2D eigenvalue weighted by Crippen LogP contribution is 2.44. The second kappa shape index (κ2) is 4.22. The van der Waals surface area contributed by atoms with E-state index in [1.807, 2.05) is 6.07 Å². The zero-order chi connectivity index (χ0) is 11.0. The van der Waals surface area contributed by atoms with E-state index >= 15 is 0 Å². The molecule has 0 unspecified atom stereocenters. The Morgan fingerprint density at radius 1 is 1.53 bits per heavy atom. The van der Waals surface area contributed by atoms with Crippen LogP contribution < -0.4 is 9.64 Å². The number of anilines is 1. The molecule has 15 heavy (non-hydrogen) atoms. The molecule has 0 amide bonds. The Morgan fingerprint density at radius 2 is 2.27 bits per heavy atom. The number of halogens is 2. The average Bonchev–Trinajstić information content (AvgIpc) is 2.17. The van der Waals surface area contributed by atoms with Crippen molar-refractivity contribution in [2.45, 2.75) is 12.8 Å². The van der Waals surface area contributed by atoms with Gasteiger partial charge in [0.1, 0.15) is 0 Å². The van der Waals surface area contributed by atoms with Crippen molar-refractivity contribution in [3.05, 3.63) is 21.1 Å². The quantitative estimate of drug-likeness (QED) is 0.785. The summed E-state index contributed by atoms with van der Waals surface area (Å²) in [5.74, 6) is 0.726. The maximum atomic E-state index is 6.14. The number of benzene rings is 1. The molecular weight excluding hydrogens is 277 g/mol. The summed E-state index contributed by atoms with van der Waals surface area (Å²) in [6.07, 6.45) is 2.26. The van der Waals surface area contributed by atoms with Crippen molar-refractivity contribution in [2.75, 3.05) is 25.6 Å². The molecule has 1 aliphatic rings. The van der Waals surface area contributed by atoms with Gasteiger partial charge in [-0.1, -0.05) is 11.6 Å². The molecule has 1 aliphatic heterocycles. The van der Waals surface area contributed by atoms with Crippen molar-refractivity contribution in [3.63, 3.8) is 0 Å². The highest BCUT2D eigenvalue weighted by atomic mass is 79.9. The lowest BCUT2D eigenvalue weighted by atomic mass is 10.0. The summed E-state index contributed by atoms with van der Waals surface area (Å²) in [7, 11) is 3.73. The summed E-state index contributed by atoms with van der Waals surface area (Å²) in [6, 6.07) is 2.01. The van der Waals surface area contributed by atoms with E-state index in [1.165, 1.54) is 17.7 Å². The molecule has 0 fully saturated rings. The SMILES string of the molecule is COc1c(Cl)cc2c(c1Br)N(C)CCC2. The van der Waals surface area contributed by atoms with E-state index in [1.54, 1.807) is 7.11 Å². The second-order valence-corrected chi connectivity index (χ2v) is 4.94. The molecule has 1 aromatic carbocycles. The van der Waals surface area contributed by atoms with Crippen molar-refractivity contribution >= 4 is 33.2 Å². The van der Waals surface area contributed by atoms with Crippen LogP contribution in [0.4, 0.5) is 5.69 Å². The molecule has 0 spiro atoms. The van der Waals surface area contributed by atoms with Crippen LogP contribution in [0.5, 0.6) is 5.75 Å². The first-order valence-electron chi connectivity index (χ1n) is 4.91. The van der Waals surface area contributed by atoms with Gasteiger partial charge in [0.2, 0.25) is 0 Å². The maximum Gasteiger partial charge on any atom is 0.153 e. The molecule has 2 nitrogen and oxygen atoms in total. The van der Waals surface area contributed by atoms with Crippen molar-refractivity contribution in [2.24, 2.45) is 0 Å². The summed E-state index contributed by atoms with van der Waals surface area (Å²) < 4.78 is 6.25. The van der Waals surface area contributed by atoms with Crippen LogP contribution in [0.25, 0.3) is 0 Å². The van der Waals surface area contributed by atoms with Gasteiger partial charge in [-0.2, -0.15) is 0 Å². The molecule has 82 valence electrons. The van der Waals surface area contributed by atoms with E-state index in [0.717, 1.165) is 23.2 Å². The van der Waals surface area contributed by atoms with Crippen LogP contribution in [0.2, 0.25) is 5.02 Å². The fourth-order valence-electron chi connectivity index (χ4n) is 2.05. The number of nitrogens with zero attached hydrogens (tertiary/aromatic N) is 1. The molecule has 0 N–H and O–H groups in total. The van der Waals surface area contributed by atoms with Gasteiger partial charge in [-0.25, -0.2) is 0 Å². The molecule has 0 saturated carbocycles. The lowest BCUT2D eigenvalue weighted by molar-refractivity contribution is 0.412. The molecule has 0 saturated heterocycles. The Kier molecular flexibility index (Phi) is 3.12. The zero-order valence-corrected chi connectivity index (χ0v) is 11.2. The summed E-state index contributed by atoms with van der Waals surface area (Å²) >= 11 is 9.71. The summed E-state index contributed by atoms with van der Waals surface area (Å²) in [5, 5.41) is 0.679. The third-order valence-electron chi connectivity index (χ3n) is 2.75. The van der Waals surface area contributed by atoms with Gasteiger partial charge in [0.15, 0.2) is 5.75 Å². The van der Waals surface area contributed by atoms with Gasteiger partial charge >= 0.3 is 0 Å². The molecule has 1 aromatic rings. The molecule has 0 atom stereocenters. The smallest absolute Gasteiger partial charge is 0.153 e. The molecule has 2 rings (SSSR count). The van der Waals surface area contributed by atoms with Gasteiger partial charge in [0, 0.05) is 13.6 Å². The number of hydrogen-bond acceptors (Lipinski definition) is 2. The van der Waals surface area contributed by atoms with Crippen LogP contribution >= 0.6 is 27.5 Å². The minimum atomic E-state index is 0.679. The van der Waals surface area contributed by atoms with Crippen LogP contribution in [0.1, 0.15) is 12.0 Å². The number of aryl methyl sites for hydroxylation is 1. The standard InChI is InChI=1S/C11H13BrClNO/c1-14-5-3-4-7-6-8(13)11(15-2)9(12)10(7)14/h6H,3-5H2,1-2H3. The molecule has 1 heterocycles. The summed E-state index contributed by atoms with van der Waals surface area (Å²) in [4.78, 5) is 2.24. The van der Waals surface area contributed by atoms with E-state index < -0.39 is 0 Å². The van der Waals surface area contributed by atoms with E-state index in [2.05, 4.69) is 27.9 Å². The topological polar surface area (TPSA) is 12.5 Å². The number of ether oxygens (including phenoxy) is 1. The highest BCUT2D eigenvalue weighted by molar-refractivity contribution is 9.10. The van der Waals surface area contributed by atoms with Crippen molar-refractivity contribution in [1.29, 1.82) is 0 Å².